The van der Waals surface area contributed by atoms with Gasteiger partial charge in [-0.2, -0.15) is 0 Å². The van der Waals surface area contributed by atoms with Gasteiger partial charge >= 0.3 is 0 Å². The van der Waals surface area contributed by atoms with Crippen LogP contribution in [0.1, 0.15) is 56.6 Å². The van der Waals surface area contributed by atoms with Gasteiger partial charge in [0.2, 0.25) is 11.8 Å². The quantitative estimate of drug-likeness (QED) is 0.316. The minimum Gasteiger partial charge on any atom is -0.486 e. The first-order valence-corrected chi connectivity index (χ1v) is 16.8. The summed E-state index contributed by atoms with van der Waals surface area (Å²) in [5.41, 5.74) is 2.15. The lowest BCUT2D eigenvalue weighted by Gasteiger charge is -2.34. The molecule has 0 unspecified atom stereocenters. The van der Waals surface area contributed by atoms with Crippen LogP contribution in [0.4, 0.5) is 5.69 Å². The number of sulfonamides is 1. The van der Waals surface area contributed by atoms with Crippen LogP contribution in [0.5, 0.6) is 11.5 Å². The summed E-state index contributed by atoms with van der Waals surface area (Å²) >= 11 is 0. The van der Waals surface area contributed by atoms with Gasteiger partial charge in [0.1, 0.15) is 25.8 Å². The van der Waals surface area contributed by atoms with E-state index in [2.05, 4.69) is 5.32 Å². The molecule has 9 nitrogen and oxygen atoms in total. The number of benzene rings is 3. The molecule has 1 atom stereocenters. The SMILES string of the molecule is CC[C@@H](C(=O)NC1CCCCC1)N(Cc1cccc(C)c1)C(=O)CN(c1ccc2c(c1)OCCO2)S(=O)(=O)c1ccccc1. The van der Waals surface area contributed by atoms with Gasteiger partial charge in [-0.3, -0.25) is 13.9 Å². The largest absolute Gasteiger partial charge is 0.486 e. The molecule has 0 aromatic heterocycles. The minimum absolute atomic E-state index is 0.0509. The molecule has 1 aliphatic heterocycles. The van der Waals surface area contributed by atoms with Crippen molar-refractivity contribution in [2.24, 2.45) is 0 Å². The molecule has 3 aromatic rings. The smallest absolute Gasteiger partial charge is 0.264 e. The first-order valence-electron chi connectivity index (χ1n) is 15.4. The normalized spacial score (nSPS) is 15.7. The number of ether oxygens (including phenoxy) is 2. The number of nitrogens with zero attached hydrogens (tertiary/aromatic N) is 2. The second kappa shape index (κ2) is 14.2. The van der Waals surface area contributed by atoms with Crippen molar-refractivity contribution in [2.45, 2.75) is 75.9 Å². The summed E-state index contributed by atoms with van der Waals surface area (Å²) in [7, 11) is -4.18. The Kier molecular flexibility index (Phi) is 10.1. The summed E-state index contributed by atoms with van der Waals surface area (Å²) in [5.74, 6) is 0.225. The van der Waals surface area contributed by atoms with Crippen molar-refractivity contribution in [3.63, 3.8) is 0 Å². The summed E-state index contributed by atoms with van der Waals surface area (Å²) in [5, 5.41) is 3.18. The van der Waals surface area contributed by atoms with Gasteiger partial charge in [-0.15, -0.1) is 0 Å². The molecular formula is C34H41N3O6S. The summed E-state index contributed by atoms with van der Waals surface area (Å²) in [6, 6.07) is 20.0. The highest BCUT2D eigenvalue weighted by atomic mass is 32.2. The van der Waals surface area contributed by atoms with Crippen molar-refractivity contribution in [1.29, 1.82) is 0 Å². The average molecular weight is 620 g/mol. The summed E-state index contributed by atoms with van der Waals surface area (Å²) in [6.07, 6.45) is 5.51. The molecule has 2 amide bonds. The maximum absolute atomic E-state index is 14.4. The molecule has 1 heterocycles. The zero-order valence-corrected chi connectivity index (χ0v) is 26.2. The topological polar surface area (TPSA) is 105 Å². The third-order valence-corrected chi connectivity index (χ3v) is 9.98. The predicted octanol–water partition coefficient (Wildman–Crippen LogP) is 5.22. The molecule has 5 rings (SSSR count). The lowest BCUT2D eigenvalue weighted by molar-refractivity contribution is -0.140. The first kappa shape index (κ1) is 31.4. The molecule has 1 N–H and O–H groups in total. The monoisotopic (exact) mass is 619 g/mol. The maximum atomic E-state index is 14.4. The van der Waals surface area contributed by atoms with Crippen molar-refractivity contribution in [2.75, 3.05) is 24.1 Å². The Hall–Kier alpha value is -4.05. The number of carbonyl (C=O) groups excluding carboxylic acids is 2. The molecule has 0 bridgehead atoms. The fraction of sp³-hybridized carbons (Fsp3) is 0.412. The van der Waals surface area contributed by atoms with Gasteiger partial charge in [-0.05, 0) is 56.0 Å². The molecule has 3 aromatic carbocycles. The molecule has 0 radical (unpaired) electrons. The molecular weight excluding hydrogens is 578 g/mol. The van der Waals surface area contributed by atoms with Crippen molar-refractivity contribution in [3.8, 4) is 11.5 Å². The Labute approximate surface area is 260 Å². The van der Waals surface area contributed by atoms with Gasteiger partial charge in [-0.1, -0.05) is 74.2 Å². The number of amides is 2. The lowest BCUT2D eigenvalue weighted by atomic mass is 9.95. The van der Waals surface area contributed by atoms with Crippen LogP contribution >= 0.6 is 0 Å². The third-order valence-electron chi connectivity index (χ3n) is 8.20. The molecule has 2 aliphatic rings. The number of aryl methyl sites for hydroxylation is 1. The van der Waals surface area contributed by atoms with Crippen molar-refractivity contribution in [3.05, 3.63) is 83.9 Å². The average Bonchev–Trinajstić information content (AvgIpc) is 3.04. The highest BCUT2D eigenvalue weighted by molar-refractivity contribution is 7.92. The van der Waals surface area contributed by atoms with Gasteiger partial charge in [0, 0.05) is 18.7 Å². The molecule has 0 saturated heterocycles. The van der Waals surface area contributed by atoms with E-state index in [1.54, 1.807) is 36.4 Å². The van der Waals surface area contributed by atoms with Crippen LogP contribution in [0.3, 0.4) is 0 Å². The maximum Gasteiger partial charge on any atom is 0.264 e. The van der Waals surface area contributed by atoms with E-state index in [4.69, 9.17) is 9.47 Å². The zero-order chi connectivity index (χ0) is 31.1. The van der Waals surface area contributed by atoms with Crippen molar-refractivity contribution >= 4 is 27.5 Å². The fourth-order valence-electron chi connectivity index (χ4n) is 5.91. The van der Waals surface area contributed by atoms with Gasteiger partial charge in [0.15, 0.2) is 11.5 Å². The molecule has 44 heavy (non-hydrogen) atoms. The molecule has 1 fully saturated rings. The zero-order valence-electron chi connectivity index (χ0n) is 25.4. The Morgan fingerprint density at radius 3 is 2.34 bits per heavy atom. The number of fused-ring (bicyclic) bond motifs is 1. The lowest BCUT2D eigenvalue weighted by Crippen LogP contribution is -2.54. The number of hydrogen-bond acceptors (Lipinski definition) is 6. The van der Waals surface area contributed by atoms with Gasteiger partial charge < -0.3 is 19.7 Å². The second-order valence-corrected chi connectivity index (χ2v) is 13.3. The Bertz CT molecular complexity index is 1560. The van der Waals surface area contributed by atoms with Crippen LogP contribution in [-0.2, 0) is 26.2 Å². The Morgan fingerprint density at radius 1 is 0.909 bits per heavy atom. The van der Waals surface area contributed by atoms with Crippen LogP contribution in [0.2, 0.25) is 0 Å². The molecule has 1 saturated carbocycles. The molecule has 1 aliphatic carbocycles. The van der Waals surface area contributed by atoms with E-state index in [1.165, 1.54) is 17.0 Å². The summed E-state index contributed by atoms with van der Waals surface area (Å²) in [4.78, 5) is 29.7. The van der Waals surface area contributed by atoms with Crippen LogP contribution in [0, 0.1) is 6.92 Å². The van der Waals surface area contributed by atoms with E-state index in [1.807, 2.05) is 38.1 Å². The fourth-order valence-corrected chi connectivity index (χ4v) is 7.33. The number of rotatable bonds is 11. The van der Waals surface area contributed by atoms with E-state index in [0.29, 0.717) is 31.1 Å². The van der Waals surface area contributed by atoms with E-state index < -0.39 is 28.5 Å². The Morgan fingerprint density at radius 2 is 1.64 bits per heavy atom. The number of nitrogens with one attached hydrogen (secondary N) is 1. The van der Waals surface area contributed by atoms with E-state index >= 15 is 0 Å². The molecule has 0 spiro atoms. The van der Waals surface area contributed by atoms with Gasteiger partial charge in [0.05, 0.1) is 10.6 Å². The number of anilines is 1. The van der Waals surface area contributed by atoms with Crippen LogP contribution in [0.15, 0.2) is 77.7 Å². The van der Waals surface area contributed by atoms with Crippen LogP contribution in [0.25, 0.3) is 0 Å². The first-order chi connectivity index (χ1) is 21.3. The summed E-state index contributed by atoms with van der Waals surface area (Å²) in [6.45, 7) is 4.23. The van der Waals surface area contributed by atoms with E-state index in [9.17, 15) is 18.0 Å². The number of hydrogen-bond donors (Lipinski definition) is 1. The van der Waals surface area contributed by atoms with Crippen LogP contribution in [-0.4, -0.2) is 57.0 Å². The van der Waals surface area contributed by atoms with Crippen molar-refractivity contribution in [1.82, 2.24) is 10.2 Å². The number of carbonyl (C=O) groups is 2. The molecule has 234 valence electrons. The third kappa shape index (κ3) is 7.35. The highest BCUT2D eigenvalue weighted by Crippen LogP contribution is 2.36. The van der Waals surface area contributed by atoms with Gasteiger partial charge in [0.25, 0.3) is 10.0 Å². The standard InChI is InChI=1S/C34H41N3O6S/c1-3-30(34(39)35-27-13-6-4-7-14-27)36(23-26-12-10-11-25(2)21-26)33(38)24-37(44(40,41)29-15-8-5-9-16-29)28-17-18-31-32(22-28)43-20-19-42-31/h5,8-12,15-18,21-22,27,30H,3-4,6-7,13-14,19-20,23-24H2,1-2H3,(H,35,39)/t30-/m0/s1. The van der Waals surface area contributed by atoms with Gasteiger partial charge in [-0.25, -0.2) is 8.42 Å². The second-order valence-electron chi connectivity index (χ2n) is 11.4. The minimum atomic E-state index is -4.18. The van der Waals surface area contributed by atoms with E-state index in [0.717, 1.165) is 47.5 Å². The van der Waals surface area contributed by atoms with Crippen LogP contribution < -0.4 is 19.1 Å². The van der Waals surface area contributed by atoms with E-state index in [-0.39, 0.29) is 29.1 Å². The summed E-state index contributed by atoms with van der Waals surface area (Å²) < 4.78 is 40.7. The predicted molar refractivity (Wildman–Crippen MR) is 169 cm³/mol. The molecule has 10 heteroatoms. The Balaban J connectivity index is 1.50. The van der Waals surface area contributed by atoms with Crippen molar-refractivity contribution < 1.29 is 27.5 Å². The highest BCUT2D eigenvalue weighted by Gasteiger charge is 2.35.